The molecule has 4 rings (SSSR count). The zero-order chi connectivity index (χ0) is 20.9. The molecule has 2 aromatic carbocycles. The summed E-state index contributed by atoms with van der Waals surface area (Å²) in [6.07, 6.45) is 0.240. The van der Waals surface area contributed by atoms with Crippen LogP contribution in [0.25, 0.3) is 22.2 Å². The average Bonchev–Trinajstić information content (AvgIpc) is 2.75. The molecule has 0 unspecified atom stereocenters. The van der Waals surface area contributed by atoms with Gasteiger partial charge in [-0.05, 0) is 60.5 Å². The highest BCUT2D eigenvalue weighted by atomic mass is 16.5. The van der Waals surface area contributed by atoms with Crippen molar-refractivity contribution in [2.45, 2.75) is 13.3 Å². The first-order chi connectivity index (χ1) is 14.6. The van der Waals surface area contributed by atoms with Crippen LogP contribution in [0.4, 0.5) is 0 Å². The molecule has 0 radical (unpaired) electrons. The third kappa shape index (κ3) is 4.96. The minimum Gasteiger partial charge on any atom is -0.492 e. The fourth-order valence-corrected chi connectivity index (χ4v) is 3.74. The van der Waals surface area contributed by atoms with Gasteiger partial charge in [0.2, 0.25) is 5.91 Å². The Balaban J connectivity index is 1.44. The van der Waals surface area contributed by atoms with E-state index in [2.05, 4.69) is 17.9 Å². The quantitative estimate of drug-likeness (QED) is 0.654. The van der Waals surface area contributed by atoms with Crippen LogP contribution in [-0.4, -0.2) is 55.2 Å². The maximum absolute atomic E-state index is 11.2. The number of aryl methyl sites for hydroxylation is 1. The highest BCUT2D eigenvalue weighted by molar-refractivity contribution is 5.87. The van der Waals surface area contributed by atoms with Crippen LogP contribution in [0.3, 0.4) is 0 Å². The van der Waals surface area contributed by atoms with E-state index in [0.717, 1.165) is 71.9 Å². The van der Waals surface area contributed by atoms with Crippen molar-refractivity contribution in [1.29, 1.82) is 0 Å². The van der Waals surface area contributed by atoms with Crippen molar-refractivity contribution >= 4 is 16.8 Å². The van der Waals surface area contributed by atoms with Crippen LogP contribution < -0.4 is 10.5 Å². The fourth-order valence-electron chi connectivity index (χ4n) is 3.74. The maximum Gasteiger partial charge on any atom is 0.221 e. The van der Waals surface area contributed by atoms with Crippen molar-refractivity contribution in [2.24, 2.45) is 5.73 Å². The van der Waals surface area contributed by atoms with Gasteiger partial charge < -0.3 is 15.2 Å². The van der Waals surface area contributed by atoms with Crippen LogP contribution in [0, 0.1) is 6.92 Å². The molecule has 2 N–H and O–H groups in total. The number of ether oxygens (including phenoxy) is 2. The van der Waals surface area contributed by atoms with Crippen molar-refractivity contribution in [1.82, 2.24) is 9.88 Å². The molecule has 156 valence electrons. The molecule has 0 aliphatic carbocycles. The third-order valence-electron chi connectivity index (χ3n) is 5.39. The lowest BCUT2D eigenvalue weighted by atomic mass is 10.0. The summed E-state index contributed by atoms with van der Waals surface area (Å²) in [4.78, 5) is 18.4. The van der Waals surface area contributed by atoms with Gasteiger partial charge >= 0.3 is 0 Å². The van der Waals surface area contributed by atoms with E-state index in [0.29, 0.717) is 6.61 Å². The molecule has 30 heavy (non-hydrogen) atoms. The molecule has 3 aromatic rings. The summed E-state index contributed by atoms with van der Waals surface area (Å²) in [5, 5.41) is 1.04. The Hall–Kier alpha value is -2.96. The summed E-state index contributed by atoms with van der Waals surface area (Å²) in [6.45, 7) is 7.19. The van der Waals surface area contributed by atoms with Gasteiger partial charge in [0.15, 0.2) is 0 Å². The molecule has 0 atom stereocenters. The van der Waals surface area contributed by atoms with Crippen molar-refractivity contribution < 1.29 is 14.3 Å². The Morgan fingerprint density at radius 2 is 1.90 bits per heavy atom. The number of fused-ring (bicyclic) bond motifs is 1. The van der Waals surface area contributed by atoms with E-state index in [4.69, 9.17) is 20.2 Å². The first kappa shape index (κ1) is 20.3. The largest absolute Gasteiger partial charge is 0.492 e. The lowest BCUT2D eigenvalue weighted by Crippen LogP contribution is -2.38. The summed E-state index contributed by atoms with van der Waals surface area (Å²) in [7, 11) is 0. The normalized spacial score (nSPS) is 14.7. The summed E-state index contributed by atoms with van der Waals surface area (Å²) in [5.74, 6) is 0.532. The topological polar surface area (TPSA) is 77.7 Å². The van der Waals surface area contributed by atoms with Crippen molar-refractivity contribution in [3.8, 4) is 17.0 Å². The van der Waals surface area contributed by atoms with Gasteiger partial charge in [-0.3, -0.25) is 9.69 Å². The number of carbonyl (C=O) groups excluding carboxylic acids is 1. The van der Waals surface area contributed by atoms with E-state index in [9.17, 15) is 4.79 Å². The Labute approximate surface area is 176 Å². The van der Waals surface area contributed by atoms with E-state index in [1.807, 2.05) is 42.5 Å². The number of carbonyl (C=O) groups is 1. The van der Waals surface area contributed by atoms with Crippen LogP contribution in [0.5, 0.6) is 5.75 Å². The van der Waals surface area contributed by atoms with Gasteiger partial charge in [-0.1, -0.05) is 6.07 Å². The Morgan fingerprint density at radius 1 is 1.13 bits per heavy atom. The number of hydrogen-bond donors (Lipinski definition) is 1. The molecule has 0 bridgehead atoms. The molecular formula is C24H27N3O3. The Morgan fingerprint density at radius 3 is 2.63 bits per heavy atom. The maximum atomic E-state index is 11.2. The predicted octanol–water partition coefficient (Wildman–Crippen LogP) is 2.95. The van der Waals surface area contributed by atoms with Gasteiger partial charge in [-0.2, -0.15) is 0 Å². The van der Waals surface area contributed by atoms with Crippen molar-refractivity contribution in [3.63, 3.8) is 0 Å². The van der Waals surface area contributed by atoms with Gasteiger partial charge in [-0.25, -0.2) is 4.98 Å². The lowest BCUT2D eigenvalue weighted by Gasteiger charge is -2.26. The van der Waals surface area contributed by atoms with E-state index >= 15 is 0 Å². The van der Waals surface area contributed by atoms with Crippen LogP contribution in [0.2, 0.25) is 0 Å². The molecule has 0 saturated carbocycles. The zero-order valence-electron chi connectivity index (χ0n) is 17.3. The SMILES string of the molecule is Cc1cc(-c2ccc(OCCN3CCOCC3)cc2)nc2ccc(CC(N)=O)cc12. The monoisotopic (exact) mass is 405 g/mol. The number of rotatable bonds is 7. The predicted molar refractivity (Wildman–Crippen MR) is 118 cm³/mol. The summed E-state index contributed by atoms with van der Waals surface area (Å²) >= 11 is 0. The van der Waals surface area contributed by atoms with E-state index in [-0.39, 0.29) is 12.3 Å². The first-order valence-corrected chi connectivity index (χ1v) is 10.3. The second-order valence-corrected chi connectivity index (χ2v) is 7.65. The van der Waals surface area contributed by atoms with Crippen LogP contribution in [0.1, 0.15) is 11.1 Å². The number of morpholine rings is 1. The van der Waals surface area contributed by atoms with E-state index in [1.54, 1.807) is 0 Å². The van der Waals surface area contributed by atoms with Crippen LogP contribution in [-0.2, 0) is 16.0 Å². The number of primary amides is 1. The zero-order valence-corrected chi connectivity index (χ0v) is 17.3. The fraction of sp³-hybridized carbons (Fsp3) is 0.333. The van der Waals surface area contributed by atoms with Gasteiger partial charge in [0.25, 0.3) is 0 Å². The summed E-state index contributed by atoms with van der Waals surface area (Å²) in [5.41, 5.74) is 10.2. The van der Waals surface area contributed by atoms with Crippen LogP contribution >= 0.6 is 0 Å². The standard InChI is InChI=1S/C24H27N3O3/c1-17-14-23(26-22-7-2-18(15-21(17)22)16-24(25)28)19-3-5-20(6-4-19)30-13-10-27-8-11-29-12-9-27/h2-7,14-15H,8-13,16H2,1H3,(H2,25,28). The van der Waals surface area contributed by atoms with Crippen molar-refractivity contribution in [2.75, 3.05) is 39.5 Å². The molecule has 0 spiro atoms. The molecule has 1 saturated heterocycles. The van der Waals surface area contributed by atoms with Crippen molar-refractivity contribution in [3.05, 3.63) is 59.7 Å². The molecule has 6 heteroatoms. The van der Waals surface area contributed by atoms with Crippen LogP contribution in [0.15, 0.2) is 48.5 Å². The molecule has 6 nitrogen and oxygen atoms in total. The molecule has 1 amide bonds. The molecule has 1 aliphatic heterocycles. The van der Waals surface area contributed by atoms with Gasteiger partial charge in [0.05, 0.1) is 30.8 Å². The minimum absolute atomic E-state index is 0.240. The second-order valence-electron chi connectivity index (χ2n) is 7.65. The lowest BCUT2D eigenvalue weighted by molar-refractivity contribution is -0.117. The first-order valence-electron chi connectivity index (χ1n) is 10.3. The number of nitrogens with two attached hydrogens (primary N) is 1. The molecular weight excluding hydrogens is 378 g/mol. The number of hydrogen-bond acceptors (Lipinski definition) is 5. The third-order valence-corrected chi connectivity index (χ3v) is 5.39. The smallest absolute Gasteiger partial charge is 0.221 e. The molecule has 1 fully saturated rings. The second kappa shape index (κ2) is 9.24. The number of aromatic nitrogens is 1. The van der Waals surface area contributed by atoms with E-state index < -0.39 is 0 Å². The molecule has 1 aromatic heterocycles. The number of nitrogens with zero attached hydrogens (tertiary/aromatic N) is 2. The number of pyridine rings is 1. The molecule has 1 aliphatic rings. The highest BCUT2D eigenvalue weighted by Gasteiger charge is 2.10. The van der Waals surface area contributed by atoms with Gasteiger partial charge in [0.1, 0.15) is 12.4 Å². The Kier molecular flexibility index (Phi) is 6.26. The highest BCUT2D eigenvalue weighted by Crippen LogP contribution is 2.26. The average molecular weight is 405 g/mol. The molecule has 2 heterocycles. The van der Waals surface area contributed by atoms with Gasteiger partial charge in [0, 0.05) is 30.6 Å². The number of benzene rings is 2. The number of amides is 1. The van der Waals surface area contributed by atoms with E-state index in [1.165, 1.54) is 0 Å². The summed E-state index contributed by atoms with van der Waals surface area (Å²) in [6, 6.07) is 16.0. The van der Waals surface area contributed by atoms with Gasteiger partial charge in [-0.15, -0.1) is 0 Å². The Bertz CT molecular complexity index is 1030. The minimum atomic E-state index is -0.330. The summed E-state index contributed by atoms with van der Waals surface area (Å²) < 4.78 is 11.3.